The lowest BCUT2D eigenvalue weighted by atomic mass is 10.00. The van der Waals surface area contributed by atoms with Gasteiger partial charge in [0.2, 0.25) is 0 Å². The molecule has 0 spiro atoms. The molecule has 0 saturated carbocycles. The van der Waals surface area contributed by atoms with Crippen molar-refractivity contribution in [3.8, 4) is 0 Å². The summed E-state index contributed by atoms with van der Waals surface area (Å²) in [5.41, 5.74) is 1.96. The van der Waals surface area contributed by atoms with Crippen LogP contribution in [0.25, 0.3) is 0 Å². The lowest BCUT2D eigenvalue weighted by Gasteiger charge is -2.10. The molecule has 0 radical (unpaired) electrons. The summed E-state index contributed by atoms with van der Waals surface area (Å²) in [6, 6.07) is 5.41. The van der Waals surface area contributed by atoms with Gasteiger partial charge in [-0.1, -0.05) is 35.0 Å². The summed E-state index contributed by atoms with van der Waals surface area (Å²) in [5, 5.41) is 0.852. The molecule has 0 unspecified atom stereocenters. The lowest BCUT2D eigenvalue weighted by molar-refractivity contribution is 0.150. The SMILES string of the molecule is CCc1ccc(CCCBr)c(C(F)F)c1. The van der Waals surface area contributed by atoms with Gasteiger partial charge in [-0.2, -0.15) is 0 Å². The number of aryl methyl sites for hydroxylation is 2. The van der Waals surface area contributed by atoms with Crippen LogP contribution in [0.3, 0.4) is 0 Å². The maximum Gasteiger partial charge on any atom is 0.264 e. The van der Waals surface area contributed by atoms with Crippen LogP contribution in [0.4, 0.5) is 8.78 Å². The first-order chi connectivity index (χ1) is 7.19. The molecule has 84 valence electrons. The zero-order valence-corrected chi connectivity index (χ0v) is 10.4. The number of hydrogen-bond donors (Lipinski definition) is 0. The second kappa shape index (κ2) is 6.21. The van der Waals surface area contributed by atoms with Crippen molar-refractivity contribution in [2.75, 3.05) is 5.33 Å². The Morgan fingerprint density at radius 2 is 2.07 bits per heavy atom. The van der Waals surface area contributed by atoms with Crippen molar-refractivity contribution in [1.29, 1.82) is 0 Å². The van der Waals surface area contributed by atoms with Gasteiger partial charge in [0, 0.05) is 10.9 Å². The quantitative estimate of drug-likeness (QED) is 0.694. The lowest BCUT2D eigenvalue weighted by Crippen LogP contribution is -1.97. The summed E-state index contributed by atoms with van der Waals surface area (Å²) in [6.07, 6.45) is 0.0558. The van der Waals surface area contributed by atoms with Crippen molar-refractivity contribution < 1.29 is 8.78 Å². The number of benzene rings is 1. The van der Waals surface area contributed by atoms with Crippen molar-refractivity contribution in [1.82, 2.24) is 0 Å². The highest BCUT2D eigenvalue weighted by Gasteiger charge is 2.12. The third-order valence-electron chi connectivity index (χ3n) is 2.43. The van der Waals surface area contributed by atoms with Crippen LogP contribution in [0.1, 0.15) is 36.5 Å². The van der Waals surface area contributed by atoms with E-state index in [9.17, 15) is 8.78 Å². The molecule has 1 rings (SSSR count). The summed E-state index contributed by atoms with van der Waals surface area (Å²) < 4.78 is 25.5. The number of rotatable bonds is 5. The van der Waals surface area contributed by atoms with E-state index in [0.717, 1.165) is 35.7 Å². The molecular weight excluding hydrogens is 262 g/mol. The number of halogens is 3. The fourth-order valence-corrected chi connectivity index (χ4v) is 1.83. The van der Waals surface area contributed by atoms with E-state index < -0.39 is 6.43 Å². The van der Waals surface area contributed by atoms with E-state index in [2.05, 4.69) is 15.9 Å². The third-order valence-corrected chi connectivity index (χ3v) is 2.99. The standard InChI is InChI=1S/C12H15BrF2/c1-2-9-5-6-10(4-3-7-13)11(8-9)12(14)15/h5-6,8,12H,2-4,7H2,1H3. The fraction of sp³-hybridized carbons (Fsp3) is 0.500. The van der Waals surface area contributed by atoms with E-state index in [1.807, 2.05) is 19.1 Å². The first kappa shape index (κ1) is 12.6. The average Bonchev–Trinajstić information content (AvgIpc) is 2.26. The second-order valence-electron chi connectivity index (χ2n) is 3.48. The highest BCUT2D eigenvalue weighted by Crippen LogP contribution is 2.25. The first-order valence-electron chi connectivity index (χ1n) is 5.14. The van der Waals surface area contributed by atoms with Gasteiger partial charge in [-0.25, -0.2) is 8.78 Å². The summed E-state index contributed by atoms with van der Waals surface area (Å²) in [7, 11) is 0. The van der Waals surface area contributed by atoms with Gasteiger partial charge in [-0.15, -0.1) is 0 Å². The minimum atomic E-state index is -2.36. The van der Waals surface area contributed by atoms with E-state index in [1.165, 1.54) is 0 Å². The second-order valence-corrected chi connectivity index (χ2v) is 4.27. The predicted molar refractivity (Wildman–Crippen MR) is 62.9 cm³/mol. The molecule has 0 heterocycles. The molecule has 0 bridgehead atoms. The summed E-state index contributed by atoms with van der Waals surface area (Å²) >= 11 is 3.31. The fourth-order valence-electron chi connectivity index (χ4n) is 1.55. The maximum atomic E-state index is 12.8. The van der Waals surface area contributed by atoms with E-state index in [1.54, 1.807) is 6.07 Å². The third kappa shape index (κ3) is 3.56. The van der Waals surface area contributed by atoms with Crippen LogP contribution in [-0.2, 0) is 12.8 Å². The van der Waals surface area contributed by atoms with Gasteiger partial charge in [0.1, 0.15) is 0 Å². The van der Waals surface area contributed by atoms with E-state index in [-0.39, 0.29) is 5.56 Å². The average molecular weight is 277 g/mol. The summed E-state index contributed by atoms with van der Waals surface area (Å²) in [4.78, 5) is 0. The molecule has 0 saturated heterocycles. The van der Waals surface area contributed by atoms with Crippen LogP contribution in [-0.4, -0.2) is 5.33 Å². The minimum absolute atomic E-state index is 0.204. The molecule has 15 heavy (non-hydrogen) atoms. The van der Waals surface area contributed by atoms with Gasteiger partial charge in [0.25, 0.3) is 6.43 Å². The normalized spacial score (nSPS) is 11.0. The largest absolute Gasteiger partial charge is 0.264 e. The molecule has 0 aliphatic rings. The predicted octanol–water partition coefficient (Wildman–Crippen LogP) is 4.51. The Hall–Kier alpha value is -0.440. The molecule has 1 aromatic rings. The van der Waals surface area contributed by atoms with Gasteiger partial charge in [0.15, 0.2) is 0 Å². The van der Waals surface area contributed by atoms with Crippen LogP contribution < -0.4 is 0 Å². The van der Waals surface area contributed by atoms with E-state index in [4.69, 9.17) is 0 Å². The van der Waals surface area contributed by atoms with Crippen LogP contribution in [0.5, 0.6) is 0 Å². The van der Waals surface area contributed by atoms with Gasteiger partial charge in [0.05, 0.1) is 0 Å². The molecule has 0 aliphatic carbocycles. The highest BCUT2D eigenvalue weighted by molar-refractivity contribution is 9.09. The molecule has 0 nitrogen and oxygen atoms in total. The number of hydrogen-bond acceptors (Lipinski definition) is 0. The Balaban J connectivity index is 2.93. The maximum absolute atomic E-state index is 12.8. The summed E-state index contributed by atoms with van der Waals surface area (Å²) in [5.74, 6) is 0. The molecule has 0 aromatic heterocycles. The van der Waals surface area contributed by atoms with E-state index >= 15 is 0 Å². The number of alkyl halides is 3. The highest BCUT2D eigenvalue weighted by atomic mass is 79.9. The summed E-state index contributed by atoms with van der Waals surface area (Å²) in [6.45, 7) is 1.97. The van der Waals surface area contributed by atoms with Crippen molar-refractivity contribution >= 4 is 15.9 Å². The van der Waals surface area contributed by atoms with Crippen LogP contribution in [0, 0.1) is 0 Å². The van der Waals surface area contributed by atoms with Crippen LogP contribution in [0.15, 0.2) is 18.2 Å². The van der Waals surface area contributed by atoms with Crippen molar-refractivity contribution in [3.63, 3.8) is 0 Å². The Bertz CT molecular complexity index is 310. The van der Waals surface area contributed by atoms with Gasteiger partial charge in [-0.3, -0.25) is 0 Å². The van der Waals surface area contributed by atoms with Gasteiger partial charge in [-0.05, 0) is 36.5 Å². The molecule has 1 aromatic carbocycles. The Kier molecular flexibility index (Phi) is 5.23. The van der Waals surface area contributed by atoms with Crippen molar-refractivity contribution in [3.05, 3.63) is 34.9 Å². The zero-order valence-electron chi connectivity index (χ0n) is 8.77. The molecule has 0 atom stereocenters. The van der Waals surface area contributed by atoms with Crippen LogP contribution in [0.2, 0.25) is 0 Å². The molecule has 0 aliphatic heterocycles. The van der Waals surface area contributed by atoms with Crippen molar-refractivity contribution in [2.24, 2.45) is 0 Å². The molecule has 0 N–H and O–H groups in total. The Morgan fingerprint density at radius 1 is 1.33 bits per heavy atom. The van der Waals surface area contributed by atoms with E-state index in [0.29, 0.717) is 0 Å². The Morgan fingerprint density at radius 3 is 2.60 bits per heavy atom. The molecule has 3 heteroatoms. The minimum Gasteiger partial charge on any atom is -0.205 e. The zero-order chi connectivity index (χ0) is 11.3. The monoisotopic (exact) mass is 276 g/mol. The first-order valence-corrected chi connectivity index (χ1v) is 6.27. The van der Waals surface area contributed by atoms with Gasteiger partial charge >= 0.3 is 0 Å². The van der Waals surface area contributed by atoms with Crippen molar-refractivity contribution in [2.45, 2.75) is 32.6 Å². The topological polar surface area (TPSA) is 0 Å². The smallest absolute Gasteiger partial charge is 0.205 e. The molecule has 0 amide bonds. The molecular formula is C12H15BrF2. The molecule has 0 fully saturated rings. The van der Waals surface area contributed by atoms with Gasteiger partial charge < -0.3 is 0 Å². The Labute approximate surface area is 97.8 Å². The van der Waals surface area contributed by atoms with Crippen LogP contribution >= 0.6 is 15.9 Å².